The van der Waals surface area contributed by atoms with E-state index in [2.05, 4.69) is 40.7 Å². The van der Waals surface area contributed by atoms with E-state index < -0.39 is 0 Å². The number of carbonyl (C=O) groups excluding carboxylic acids is 2. The van der Waals surface area contributed by atoms with Gasteiger partial charge in [0, 0.05) is 11.8 Å². The number of rotatable bonds is 4. The van der Waals surface area contributed by atoms with Crippen molar-refractivity contribution in [2.24, 2.45) is 57.2 Å². The van der Waals surface area contributed by atoms with Gasteiger partial charge in [-0.2, -0.15) is 0 Å². The number of cyclic esters (lactones) is 1. The molecule has 0 unspecified atom stereocenters. The van der Waals surface area contributed by atoms with E-state index in [-0.39, 0.29) is 40.3 Å². The summed E-state index contributed by atoms with van der Waals surface area (Å²) < 4.78 is 5.92. The number of ketones is 1. The third-order valence-electron chi connectivity index (χ3n) is 13.6. The first kappa shape index (κ1) is 24.9. The van der Waals surface area contributed by atoms with Crippen LogP contribution in [0.15, 0.2) is 23.3 Å². The summed E-state index contributed by atoms with van der Waals surface area (Å²) in [5.41, 5.74) is 1.78. The quantitative estimate of drug-likeness (QED) is 0.467. The Kier molecular flexibility index (Phi) is 5.40. The molecule has 0 aromatic carbocycles. The van der Waals surface area contributed by atoms with Gasteiger partial charge in [-0.15, -0.1) is 0 Å². The molecular formula is C32H46O4. The summed E-state index contributed by atoms with van der Waals surface area (Å²) in [5.74, 6) is 3.41. The highest BCUT2D eigenvalue weighted by Crippen LogP contribution is 2.83. The Morgan fingerprint density at radius 3 is 2.56 bits per heavy atom. The number of hydrogen-bond acceptors (Lipinski definition) is 4. The Labute approximate surface area is 217 Å². The fraction of sp³-hybridized carbons (Fsp3) is 0.812. The Balaban J connectivity index is 1.28. The lowest BCUT2D eigenvalue weighted by Gasteiger charge is -2.62. The first-order chi connectivity index (χ1) is 17.0. The molecule has 0 aromatic rings. The first-order valence-electron chi connectivity index (χ1n) is 14.7. The number of hydrogen-bond donors (Lipinski definition) is 1. The van der Waals surface area contributed by atoms with Crippen LogP contribution in [0.25, 0.3) is 0 Å². The van der Waals surface area contributed by atoms with Crippen LogP contribution in [0.4, 0.5) is 0 Å². The van der Waals surface area contributed by atoms with Crippen molar-refractivity contribution < 1.29 is 19.4 Å². The molecule has 11 atom stereocenters. The van der Waals surface area contributed by atoms with E-state index in [0.717, 1.165) is 24.8 Å². The Morgan fingerprint density at radius 2 is 1.89 bits per heavy atom. The zero-order valence-electron chi connectivity index (χ0n) is 23.2. The van der Waals surface area contributed by atoms with E-state index in [1.165, 1.54) is 32.1 Å². The average Bonchev–Trinajstić information content (AvgIpc) is 3.49. The Morgan fingerprint density at radius 1 is 1.14 bits per heavy atom. The first-order valence-corrected chi connectivity index (χ1v) is 14.7. The second kappa shape index (κ2) is 7.80. The van der Waals surface area contributed by atoms with Crippen molar-refractivity contribution in [3.8, 4) is 0 Å². The number of esters is 1. The summed E-state index contributed by atoms with van der Waals surface area (Å²) in [7, 11) is 0. The normalized spacial score (nSPS) is 52.2. The highest BCUT2D eigenvalue weighted by molar-refractivity contribution is 5.97. The van der Waals surface area contributed by atoms with Crippen molar-refractivity contribution >= 4 is 11.8 Å². The molecule has 4 fully saturated rings. The number of aliphatic hydroxyl groups excluding tert-OH is 1. The fourth-order valence-electron chi connectivity index (χ4n) is 11.5. The van der Waals surface area contributed by atoms with Crippen LogP contribution < -0.4 is 0 Å². The molecule has 0 bridgehead atoms. The van der Waals surface area contributed by atoms with Gasteiger partial charge in [0.25, 0.3) is 0 Å². The van der Waals surface area contributed by atoms with Crippen molar-refractivity contribution in [1.29, 1.82) is 0 Å². The molecule has 0 radical (unpaired) electrons. The highest BCUT2D eigenvalue weighted by atomic mass is 16.5. The van der Waals surface area contributed by atoms with E-state index >= 15 is 0 Å². The van der Waals surface area contributed by atoms with Crippen LogP contribution in [0.2, 0.25) is 0 Å². The predicted molar refractivity (Wildman–Crippen MR) is 140 cm³/mol. The fourth-order valence-corrected chi connectivity index (χ4v) is 11.5. The second-order valence-corrected chi connectivity index (χ2v) is 14.3. The average molecular weight is 495 g/mol. The topological polar surface area (TPSA) is 63.6 Å². The van der Waals surface area contributed by atoms with E-state index in [1.807, 2.05) is 13.0 Å². The van der Waals surface area contributed by atoms with Crippen LogP contribution in [0, 0.1) is 57.2 Å². The van der Waals surface area contributed by atoms with Gasteiger partial charge in [-0.05, 0) is 110 Å². The molecule has 0 saturated heterocycles. The minimum atomic E-state index is -0.324. The molecule has 0 aromatic heterocycles. The standard InChI is InChI=1S/C32H46O4/c1-7-29(4)12-11-27(34)31(6)25-10-13-30(5)23(8-9-24(30)21(25)15-20-16-32(20,29)31)19(3)26-14-18(2)22(17-33)28(35)36-26/h11-12,19-21,23-26,33H,7-10,13-17H2,1-6H3/t19-,20-,21-,23+,24-,25-,26+,29-,30+,31-,32+/m0/s1. The van der Waals surface area contributed by atoms with Gasteiger partial charge >= 0.3 is 5.97 Å². The zero-order valence-corrected chi connectivity index (χ0v) is 23.2. The number of allylic oxidation sites excluding steroid dienone is 2. The second-order valence-electron chi connectivity index (χ2n) is 14.3. The van der Waals surface area contributed by atoms with Crippen LogP contribution >= 0.6 is 0 Å². The van der Waals surface area contributed by atoms with Crippen molar-refractivity contribution in [2.75, 3.05) is 6.61 Å². The van der Waals surface area contributed by atoms with Gasteiger partial charge in [-0.1, -0.05) is 46.3 Å². The molecule has 6 aliphatic rings. The molecule has 4 heteroatoms. The Hall–Kier alpha value is -1.42. The zero-order chi connectivity index (χ0) is 25.8. The highest BCUT2D eigenvalue weighted by Gasteiger charge is 2.79. The minimum absolute atomic E-state index is 0.0959. The molecule has 0 amide bonds. The lowest BCUT2D eigenvalue weighted by atomic mass is 9.40. The molecule has 5 aliphatic carbocycles. The van der Waals surface area contributed by atoms with Crippen molar-refractivity contribution in [2.45, 2.75) is 99.0 Å². The van der Waals surface area contributed by atoms with Crippen LogP contribution in [-0.2, 0) is 14.3 Å². The van der Waals surface area contributed by atoms with Crippen LogP contribution in [0.1, 0.15) is 92.9 Å². The number of fused-ring (bicyclic) bond motifs is 4. The lowest BCUT2D eigenvalue weighted by Crippen LogP contribution is -2.60. The summed E-state index contributed by atoms with van der Waals surface area (Å²) >= 11 is 0. The van der Waals surface area contributed by atoms with E-state index in [9.17, 15) is 14.7 Å². The number of aliphatic hydroxyl groups is 1. The largest absolute Gasteiger partial charge is 0.458 e. The molecule has 6 rings (SSSR count). The SMILES string of the molecule is CC[C@@]1(C)C=CC(=O)[C@]2(C)[C@H]3CC[C@]4(C)[C@@H]([C@H](C)[C@H]5CC(C)=C(CO)C(=O)O5)CC[C@H]4[C@@H]3C[C@H]3C[C@@]312. The van der Waals surface area contributed by atoms with E-state index in [1.54, 1.807) is 0 Å². The third-order valence-corrected chi connectivity index (χ3v) is 13.6. The van der Waals surface area contributed by atoms with E-state index in [0.29, 0.717) is 46.9 Å². The maximum absolute atomic E-state index is 13.7. The molecule has 1 heterocycles. The molecular weight excluding hydrogens is 448 g/mol. The summed E-state index contributed by atoms with van der Waals surface area (Å²) in [4.78, 5) is 26.3. The van der Waals surface area contributed by atoms with Gasteiger partial charge in [0.1, 0.15) is 6.10 Å². The van der Waals surface area contributed by atoms with Crippen LogP contribution in [0.5, 0.6) is 0 Å². The summed E-state index contributed by atoms with van der Waals surface area (Å²) in [6, 6.07) is 0. The van der Waals surface area contributed by atoms with Crippen LogP contribution in [0.3, 0.4) is 0 Å². The van der Waals surface area contributed by atoms with E-state index in [4.69, 9.17) is 4.74 Å². The number of carbonyl (C=O) groups is 2. The van der Waals surface area contributed by atoms with Gasteiger partial charge < -0.3 is 9.84 Å². The number of ether oxygens (including phenoxy) is 1. The third kappa shape index (κ3) is 2.81. The predicted octanol–water partition coefficient (Wildman–Crippen LogP) is 6.28. The van der Waals surface area contributed by atoms with Crippen molar-refractivity contribution in [1.82, 2.24) is 0 Å². The summed E-state index contributed by atoms with van der Waals surface area (Å²) in [5, 5.41) is 9.58. The van der Waals surface area contributed by atoms with Gasteiger partial charge in [0.2, 0.25) is 0 Å². The van der Waals surface area contributed by atoms with Gasteiger partial charge in [0.15, 0.2) is 5.78 Å². The molecule has 198 valence electrons. The van der Waals surface area contributed by atoms with Crippen LogP contribution in [-0.4, -0.2) is 29.6 Å². The van der Waals surface area contributed by atoms with Gasteiger partial charge in [-0.3, -0.25) is 4.79 Å². The summed E-state index contributed by atoms with van der Waals surface area (Å²) in [6.45, 7) is 13.7. The monoisotopic (exact) mass is 494 g/mol. The maximum atomic E-state index is 13.7. The minimum Gasteiger partial charge on any atom is -0.458 e. The van der Waals surface area contributed by atoms with Gasteiger partial charge in [0.05, 0.1) is 12.2 Å². The van der Waals surface area contributed by atoms with Crippen molar-refractivity contribution in [3.05, 3.63) is 23.3 Å². The Bertz CT molecular complexity index is 1060. The molecule has 36 heavy (non-hydrogen) atoms. The molecule has 4 nitrogen and oxygen atoms in total. The molecule has 1 aliphatic heterocycles. The molecule has 1 spiro atoms. The molecule has 1 N–H and O–H groups in total. The lowest BCUT2D eigenvalue weighted by molar-refractivity contribution is -0.164. The van der Waals surface area contributed by atoms with Gasteiger partial charge in [-0.25, -0.2) is 4.79 Å². The maximum Gasteiger partial charge on any atom is 0.336 e. The molecule has 4 saturated carbocycles. The summed E-state index contributed by atoms with van der Waals surface area (Å²) in [6.07, 6.45) is 13.3. The smallest absolute Gasteiger partial charge is 0.336 e. The van der Waals surface area contributed by atoms with Crippen molar-refractivity contribution in [3.63, 3.8) is 0 Å².